The number of halogens is 1. The molecule has 29 heavy (non-hydrogen) atoms. The molecule has 1 aromatic heterocycles. The number of methoxy groups -OCH3 is 3. The lowest BCUT2D eigenvalue weighted by atomic mass is 10.1. The van der Waals surface area contributed by atoms with Crippen molar-refractivity contribution in [3.8, 4) is 17.2 Å². The molecule has 0 aliphatic rings. The van der Waals surface area contributed by atoms with Crippen LogP contribution in [0.15, 0.2) is 29.3 Å². The molecule has 0 saturated heterocycles. The number of aliphatic imine (C=N–C) groups is 1. The highest BCUT2D eigenvalue weighted by atomic mass is 127. The Bertz CT molecular complexity index is 781. The average Bonchev–Trinajstić information content (AvgIpc) is 3.19. The summed E-state index contributed by atoms with van der Waals surface area (Å²) in [5.41, 5.74) is 1.05. The van der Waals surface area contributed by atoms with Crippen molar-refractivity contribution in [1.82, 2.24) is 10.6 Å². The summed E-state index contributed by atoms with van der Waals surface area (Å²) in [6, 6.07) is 8.24. The Hall–Kier alpha value is -1.68. The Morgan fingerprint density at radius 1 is 0.931 bits per heavy atom. The third-order valence-corrected chi connectivity index (χ3v) is 5.49. The van der Waals surface area contributed by atoms with Crippen LogP contribution >= 0.6 is 35.3 Å². The van der Waals surface area contributed by atoms with Gasteiger partial charge in [0.25, 0.3) is 0 Å². The number of guanidine groups is 1. The maximum atomic E-state index is 5.56. The van der Waals surface area contributed by atoms with Gasteiger partial charge in [-0.3, -0.25) is 0 Å². The molecule has 0 aliphatic carbocycles. The van der Waals surface area contributed by atoms with Gasteiger partial charge in [0.05, 0.1) is 27.9 Å². The second kappa shape index (κ2) is 13.5. The van der Waals surface area contributed by atoms with E-state index >= 15 is 0 Å². The molecule has 0 fully saturated rings. The van der Waals surface area contributed by atoms with E-state index in [4.69, 9.17) is 19.2 Å². The molecule has 6 nitrogen and oxygen atoms in total. The predicted octanol–water partition coefficient (Wildman–Crippen LogP) is 4.25. The Kier molecular flexibility index (Phi) is 11.8. The first-order chi connectivity index (χ1) is 13.7. The minimum atomic E-state index is 0. The molecule has 2 N–H and O–H groups in total. The van der Waals surface area contributed by atoms with Gasteiger partial charge in [-0.05, 0) is 38.0 Å². The van der Waals surface area contributed by atoms with Crippen molar-refractivity contribution in [2.45, 2.75) is 33.2 Å². The number of hydrogen-bond acceptors (Lipinski definition) is 5. The lowest BCUT2D eigenvalue weighted by Crippen LogP contribution is -2.38. The number of aryl methyl sites for hydroxylation is 1. The summed E-state index contributed by atoms with van der Waals surface area (Å²) < 4.78 is 16.4. The maximum Gasteiger partial charge on any atom is 0.203 e. The van der Waals surface area contributed by atoms with E-state index in [-0.39, 0.29) is 24.0 Å². The zero-order valence-corrected chi connectivity index (χ0v) is 21.0. The Balaban J connectivity index is 0.00000420. The van der Waals surface area contributed by atoms with Crippen LogP contribution in [0.1, 0.15) is 29.2 Å². The molecular weight excluding hydrogens is 501 g/mol. The number of thiophene rings is 1. The molecule has 0 aliphatic heterocycles. The zero-order chi connectivity index (χ0) is 20.4. The number of nitrogens with zero attached hydrogens (tertiary/aromatic N) is 1. The topological polar surface area (TPSA) is 64.1 Å². The van der Waals surface area contributed by atoms with Gasteiger partial charge in [-0.15, -0.1) is 35.3 Å². The molecule has 0 bridgehead atoms. The van der Waals surface area contributed by atoms with Crippen molar-refractivity contribution >= 4 is 41.3 Å². The van der Waals surface area contributed by atoms with E-state index in [1.165, 1.54) is 9.75 Å². The molecule has 1 heterocycles. The third-order valence-electron chi connectivity index (χ3n) is 4.28. The number of ether oxygens (including phenoxy) is 3. The van der Waals surface area contributed by atoms with Gasteiger partial charge in [-0.2, -0.15) is 0 Å². The second-order valence-electron chi connectivity index (χ2n) is 6.09. The van der Waals surface area contributed by atoms with Gasteiger partial charge in [-0.1, -0.05) is 13.0 Å². The second-order valence-corrected chi connectivity index (χ2v) is 7.34. The number of hydrogen-bond donors (Lipinski definition) is 2. The quantitative estimate of drug-likeness (QED) is 0.272. The largest absolute Gasteiger partial charge is 0.493 e. The summed E-state index contributed by atoms with van der Waals surface area (Å²) in [4.78, 5) is 7.36. The van der Waals surface area contributed by atoms with E-state index in [0.29, 0.717) is 23.8 Å². The fraction of sp³-hybridized carbons (Fsp3) is 0.476. The third kappa shape index (κ3) is 7.26. The number of benzene rings is 1. The predicted molar refractivity (Wildman–Crippen MR) is 132 cm³/mol. The molecule has 0 atom stereocenters. The molecule has 0 spiro atoms. The van der Waals surface area contributed by atoms with E-state index < -0.39 is 0 Å². The number of rotatable bonds is 10. The van der Waals surface area contributed by atoms with Crippen LogP contribution in [0.3, 0.4) is 0 Å². The summed E-state index contributed by atoms with van der Waals surface area (Å²) in [5.74, 6) is 2.80. The lowest BCUT2D eigenvalue weighted by molar-refractivity contribution is 0.322. The van der Waals surface area contributed by atoms with Crippen molar-refractivity contribution in [2.75, 3.05) is 34.4 Å². The first-order valence-corrected chi connectivity index (χ1v) is 10.4. The molecule has 0 saturated carbocycles. The Labute approximate surface area is 195 Å². The molecule has 8 heteroatoms. The molecule has 2 aromatic rings. The van der Waals surface area contributed by atoms with E-state index in [1.807, 2.05) is 23.5 Å². The van der Waals surface area contributed by atoms with Gasteiger partial charge in [0, 0.05) is 28.4 Å². The fourth-order valence-electron chi connectivity index (χ4n) is 2.87. The van der Waals surface area contributed by atoms with E-state index in [0.717, 1.165) is 37.5 Å². The first kappa shape index (κ1) is 25.4. The van der Waals surface area contributed by atoms with Crippen LogP contribution in [0.25, 0.3) is 0 Å². The SMILES string of the molecule is CCNC(=NCc1ccc(CC)s1)NCCc1ccc(OC)c(OC)c1OC.I. The molecule has 0 radical (unpaired) electrons. The smallest absolute Gasteiger partial charge is 0.203 e. The van der Waals surface area contributed by atoms with Gasteiger partial charge < -0.3 is 24.8 Å². The molecule has 162 valence electrons. The average molecular weight is 533 g/mol. The fourth-order valence-corrected chi connectivity index (χ4v) is 3.75. The van der Waals surface area contributed by atoms with Crippen LogP contribution in [0.4, 0.5) is 0 Å². The number of nitrogens with one attached hydrogen (secondary N) is 2. The summed E-state index contributed by atoms with van der Waals surface area (Å²) in [7, 11) is 4.88. The van der Waals surface area contributed by atoms with Gasteiger partial charge in [-0.25, -0.2) is 4.99 Å². The zero-order valence-electron chi connectivity index (χ0n) is 17.8. The molecule has 0 amide bonds. The standard InChI is InChI=1S/C21H31N3O3S.HI/c1-6-16-9-10-17(28-16)14-24-21(22-7-2)23-13-12-15-8-11-18(25-3)20(27-5)19(15)26-4;/h8-11H,6-7,12-14H2,1-5H3,(H2,22,23,24);1H. The summed E-state index contributed by atoms with van der Waals surface area (Å²) >= 11 is 1.82. The summed E-state index contributed by atoms with van der Waals surface area (Å²) in [6.45, 7) is 6.46. The van der Waals surface area contributed by atoms with Gasteiger partial charge in [0.2, 0.25) is 5.75 Å². The van der Waals surface area contributed by atoms with Crippen molar-refractivity contribution in [1.29, 1.82) is 0 Å². The van der Waals surface area contributed by atoms with Crippen molar-refractivity contribution in [2.24, 2.45) is 4.99 Å². The monoisotopic (exact) mass is 533 g/mol. The van der Waals surface area contributed by atoms with Crippen LogP contribution in [0.2, 0.25) is 0 Å². The Morgan fingerprint density at radius 3 is 2.24 bits per heavy atom. The Morgan fingerprint density at radius 2 is 1.66 bits per heavy atom. The first-order valence-electron chi connectivity index (χ1n) is 9.54. The summed E-state index contributed by atoms with van der Waals surface area (Å²) in [5, 5.41) is 6.69. The molecule has 2 rings (SSSR count). The van der Waals surface area contributed by atoms with E-state index in [9.17, 15) is 0 Å². The minimum absolute atomic E-state index is 0. The van der Waals surface area contributed by atoms with Crippen LogP contribution in [0, 0.1) is 0 Å². The van der Waals surface area contributed by atoms with Crippen LogP contribution in [-0.4, -0.2) is 40.4 Å². The minimum Gasteiger partial charge on any atom is -0.493 e. The maximum absolute atomic E-state index is 5.56. The highest BCUT2D eigenvalue weighted by Gasteiger charge is 2.15. The van der Waals surface area contributed by atoms with Gasteiger partial charge in [0.1, 0.15) is 0 Å². The van der Waals surface area contributed by atoms with Crippen LogP contribution in [0.5, 0.6) is 17.2 Å². The molecule has 1 aromatic carbocycles. The summed E-state index contributed by atoms with van der Waals surface area (Å²) in [6.07, 6.45) is 1.84. The van der Waals surface area contributed by atoms with Crippen LogP contribution in [-0.2, 0) is 19.4 Å². The van der Waals surface area contributed by atoms with E-state index in [1.54, 1.807) is 21.3 Å². The van der Waals surface area contributed by atoms with E-state index in [2.05, 4.69) is 36.6 Å². The lowest BCUT2D eigenvalue weighted by Gasteiger charge is -2.16. The highest BCUT2D eigenvalue weighted by Crippen LogP contribution is 2.39. The highest BCUT2D eigenvalue weighted by molar-refractivity contribution is 14.0. The van der Waals surface area contributed by atoms with Gasteiger partial charge in [0.15, 0.2) is 17.5 Å². The van der Waals surface area contributed by atoms with Crippen molar-refractivity contribution in [3.63, 3.8) is 0 Å². The van der Waals surface area contributed by atoms with Gasteiger partial charge >= 0.3 is 0 Å². The van der Waals surface area contributed by atoms with Crippen molar-refractivity contribution in [3.05, 3.63) is 39.6 Å². The van der Waals surface area contributed by atoms with Crippen molar-refractivity contribution < 1.29 is 14.2 Å². The molecular formula is C21H32IN3O3S. The molecule has 0 unspecified atom stereocenters. The normalized spacial score (nSPS) is 10.9. The van der Waals surface area contributed by atoms with Crippen LogP contribution < -0.4 is 24.8 Å².